The standard InChI is InChI=1S/C11H12BrNO/c1-7-4-10(14-9(3)6-13)5-8(2)11(7)12/h4-5,9H,1-3H3. The number of benzene rings is 1. The van der Waals surface area contributed by atoms with Crippen molar-refractivity contribution in [1.29, 1.82) is 5.26 Å². The minimum atomic E-state index is -0.407. The maximum Gasteiger partial charge on any atom is 0.181 e. The number of nitrogens with zero attached hydrogens (tertiary/aromatic N) is 1. The Bertz CT molecular complexity index is 358. The van der Waals surface area contributed by atoms with Crippen LogP contribution in [0.25, 0.3) is 0 Å². The smallest absolute Gasteiger partial charge is 0.181 e. The lowest BCUT2D eigenvalue weighted by atomic mass is 10.1. The Morgan fingerprint density at radius 1 is 1.36 bits per heavy atom. The molecule has 0 saturated carbocycles. The molecule has 2 nitrogen and oxygen atoms in total. The van der Waals surface area contributed by atoms with E-state index < -0.39 is 6.10 Å². The molecule has 3 heteroatoms. The molecule has 0 aliphatic carbocycles. The summed E-state index contributed by atoms with van der Waals surface area (Å²) in [5.41, 5.74) is 2.23. The Morgan fingerprint density at radius 2 is 1.86 bits per heavy atom. The third kappa shape index (κ3) is 2.49. The molecule has 0 fully saturated rings. The van der Waals surface area contributed by atoms with Gasteiger partial charge in [-0.3, -0.25) is 0 Å². The molecule has 1 rings (SSSR count). The van der Waals surface area contributed by atoms with Crippen LogP contribution < -0.4 is 4.74 Å². The average molecular weight is 254 g/mol. The van der Waals surface area contributed by atoms with Gasteiger partial charge in [-0.15, -0.1) is 0 Å². The number of ether oxygens (including phenoxy) is 1. The van der Waals surface area contributed by atoms with Crippen molar-refractivity contribution < 1.29 is 4.74 Å². The molecule has 0 heterocycles. The molecule has 0 bridgehead atoms. The van der Waals surface area contributed by atoms with Crippen LogP contribution in [0.15, 0.2) is 16.6 Å². The topological polar surface area (TPSA) is 33.0 Å². The first-order valence-corrected chi connectivity index (χ1v) is 5.17. The minimum Gasteiger partial charge on any atom is -0.476 e. The molecule has 0 spiro atoms. The monoisotopic (exact) mass is 253 g/mol. The molecular formula is C11H12BrNO. The van der Waals surface area contributed by atoms with Gasteiger partial charge in [-0.2, -0.15) is 5.26 Å². The fourth-order valence-electron chi connectivity index (χ4n) is 1.20. The van der Waals surface area contributed by atoms with Crippen LogP contribution in [-0.4, -0.2) is 6.10 Å². The highest BCUT2D eigenvalue weighted by Crippen LogP contribution is 2.26. The van der Waals surface area contributed by atoms with Crippen LogP contribution in [0, 0.1) is 25.2 Å². The van der Waals surface area contributed by atoms with E-state index >= 15 is 0 Å². The van der Waals surface area contributed by atoms with E-state index in [2.05, 4.69) is 15.9 Å². The van der Waals surface area contributed by atoms with Crippen LogP contribution in [0.4, 0.5) is 0 Å². The van der Waals surface area contributed by atoms with Crippen molar-refractivity contribution in [2.45, 2.75) is 26.9 Å². The summed E-state index contributed by atoms with van der Waals surface area (Å²) in [5.74, 6) is 0.747. The van der Waals surface area contributed by atoms with Gasteiger partial charge in [0.2, 0.25) is 0 Å². The summed E-state index contributed by atoms with van der Waals surface area (Å²) in [6.45, 7) is 5.73. The van der Waals surface area contributed by atoms with Crippen molar-refractivity contribution in [3.05, 3.63) is 27.7 Å². The maximum atomic E-state index is 8.61. The average Bonchev–Trinajstić information content (AvgIpc) is 2.14. The molecule has 1 aromatic rings. The zero-order valence-corrected chi connectivity index (χ0v) is 10.1. The van der Waals surface area contributed by atoms with E-state index in [0.717, 1.165) is 21.3 Å². The summed E-state index contributed by atoms with van der Waals surface area (Å²) in [6, 6.07) is 5.88. The highest BCUT2D eigenvalue weighted by Gasteiger charge is 2.05. The molecule has 0 aromatic heterocycles. The second-order valence-electron chi connectivity index (χ2n) is 3.26. The van der Waals surface area contributed by atoms with Gasteiger partial charge in [0, 0.05) is 4.47 Å². The molecule has 74 valence electrons. The van der Waals surface area contributed by atoms with Crippen molar-refractivity contribution in [1.82, 2.24) is 0 Å². The first-order valence-electron chi connectivity index (χ1n) is 4.37. The molecule has 1 unspecified atom stereocenters. The minimum absolute atomic E-state index is 0.407. The SMILES string of the molecule is Cc1cc(OC(C)C#N)cc(C)c1Br. The predicted molar refractivity (Wildman–Crippen MR) is 59.3 cm³/mol. The summed E-state index contributed by atoms with van der Waals surface area (Å²) in [5, 5.41) is 8.61. The Hall–Kier alpha value is -1.01. The third-order valence-corrected chi connectivity index (χ3v) is 3.16. The lowest BCUT2D eigenvalue weighted by molar-refractivity contribution is 0.276. The van der Waals surface area contributed by atoms with Crippen LogP contribution in [0.3, 0.4) is 0 Å². The van der Waals surface area contributed by atoms with Gasteiger partial charge in [-0.25, -0.2) is 0 Å². The van der Waals surface area contributed by atoms with Gasteiger partial charge in [-0.1, -0.05) is 15.9 Å². The van der Waals surface area contributed by atoms with Crippen molar-refractivity contribution in [3.8, 4) is 11.8 Å². The zero-order chi connectivity index (χ0) is 10.7. The summed E-state index contributed by atoms with van der Waals surface area (Å²) in [6.07, 6.45) is -0.407. The number of hydrogen-bond acceptors (Lipinski definition) is 2. The van der Waals surface area contributed by atoms with Crippen molar-refractivity contribution >= 4 is 15.9 Å². The summed E-state index contributed by atoms with van der Waals surface area (Å²) < 4.78 is 6.49. The van der Waals surface area contributed by atoms with Gasteiger partial charge in [-0.05, 0) is 44.0 Å². The Balaban J connectivity index is 2.97. The van der Waals surface area contributed by atoms with Gasteiger partial charge in [0.25, 0.3) is 0 Å². The van der Waals surface area contributed by atoms with E-state index in [1.54, 1.807) is 6.92 Å². The summed E-state index contributed by atoms with van der Waals surface area (Å²) in [4.78, 5) is 0. The third-order valence-electron chi connectivity index (χ3n) is 1.90. The van der Waals surface area contributed by atoms with E-state index in [-0.39, 0.29) is 0 Å². The van der Waals surface area contributed by atoms with E-state index in [4.69, 9.17) is 10.00 Å². The molecule has 1 aromatic carbocycles. The largest absolute Gasteiger partial charge is 0.476 e. The van der Waals surface area contributed by atoms with Crippen LogP contribution in [-0.2, 0) is 0 Å². The molecule has 0 radical (unpaired) electrons. The van der Waals surface area contributed by atoms with Gasteiger partial charge in [0.15, 0.2) is 6.10 Å². The molecular weight excluding hydrogens is 242 g/mol. The quantitative estimate of drug-likeness (QED) is 0.810. The Kier molecular flexibility index (Phi) is 3.54. The van der Waals surface area contributed by atoms with Gasteiger partial charge >= 0.3 is 0 Å². The van der Waals surface area contributed by atoms with Gasteiger partial charge < -0.3 is 4.74 Å². The van der Waals surface area contributed by atoms with Crippen molar-refractivity contribution in [2.24, 2.45) is 0 Å². The van der Waals surface area contributed by atoms with E-state index in [1.807, 2.05) is 32.0 Å². The number of hydrogen-bond donors (Lipinski definition) is 0. The highest BCUT2D eigenvalue weighted by atomic mass is 79.9. The van der Waals surface area contributed by atoms with Crippen LogP contribution in [0.5, 0.6) is 5.75 Å². The fraction of sp³-hybridized carbons (Fsp3) is 0.364. The summed E-state index contributed by atoms with van der Waals surface area (Å²) >= 11 is 3.48. The lowest BCUT2D eigenvalue weighted by Crippen LogP contribution is -2.08. The Morgan fingerprint density at radius 3 is 2.29 bits per heavy atom. The molecule has 0 saturated heterocycles. The second kappa shape index (κ2) is 4.47. The predicted octanol–water partition coefficient (Wildman–Crippen LogP) is 3.36. The highest BCUT2D eigenvalue weighted by molar-refractivity contribution is 9.10. The van der Waals surface area contributed by atoms with Crippen LogP contribution >= 0.6 is 15.9 Å². The lowest BCUT2D eigenvalue weighted by Gasteiger charge is -2.10. The zero-order valence-electron chi connectivity index (χ0n) is 8.47. The number of nitriles is 1. The number of halogens is 1. The van der Waals surface area contributed by atoms with E-state index in [0.29, 0.717) is 0 Å². The van der Waals surface area contributed by atoms with E-state index in [9.17, 15) is 0 Å². The number of rotatable bonds is 2. The van der Waals surface area contributed by atoms with Gasteiger partial charge in [0.05, 0.1) is 0 Å². The first kappa shape index (κ1) is 11.1. The Labute approximate surface area is 92.6 Å². The molecule has 14 heavy (non-hydrogen) atoms. The maximum absolute atomic E-state index is 8.61. The van der Waals surface area contributed by atoms with Crippen molar-refractivity contribution in [3.63, 3.8) is 0 Å². The molecule has 0 amide bonds. The van der Waals surface area contributed by atoms with Crippen molar-refractivity contribution in [2.75, 3.05) is 0 Å². The van der Waals surface area contributed by atoms with Crippen LogP contribution in [0.1, 0.15) is 18.1 Å². The first-order chi connectivity index (χ1) is 6.54. The fourth-order valence-corrected chi connectivity index (χ4v) is 1.43. The van der Waals surface area contributed by atoms with Crippen LogP contribution in [0.2, 0.25) is 0 Å². The molecule has 0 aliphatic heterocycles. The van der Waals surface area contributed by atoms with Gasteiger partial charge in [0.1, 0.15) is 11.8 Å². The second-order valence-corrected chi connectivity index (χ2v) is 4.05. The normalized spacial score (nSPS) is 11.9. The number of aryl methyl sites for hydroxylation is 2. The molecule has 0 N–H and O–H groups in total. The van der Waals surface area contributed by atoms with E-state index in [1.165, 1.54) is 0 Å². The summed E-state index contributed by atoms with van der Waals surface area (Å²) in [7, 11) is 0. The molecule has 0 aliphatic rings. The molecule has 1 atom stereocenters.